The van der Waals surface area contributed by atoms with E-state index in [-0.39, 0.29) is 0 Å². The zero-order valence-corrected chi connectivity index (χ0v) is 13.2. The van der Waals surface area contributed by atoms with Crippen LogP contribution in [0.5, 0.6) is 5.75 Å². The Morgan fingerprint density at radius 2 is 1.79 bits per heavy atom. The summed E-state index contributed by atoms with van der Waals surface area (Å²) in [5.41, 5.74) is 3.35. The van der Waals surface area contributed by atoms with Crippen molar-refractivity contribution in [1.29, 1.82) is 5.26 Å². The lowest BCUT2D eigenvalue weighted by molar-refractivity contribution is 0.415. The van der Waals surface area contributed by atoms with E-state index in [0.717, 1.165) is 22.6 Å². The maximum Gasteiger partial charge on any atom is 0.144 e. The predicted octanol–water partition coefficient (Wildman–Crippen LogP) is 3.64. The Labute approximate surface area is 140 Å². The number of aromatic nitrogens is 2. The molecule has 0 saturated carbocycles. The van der Waals surface area contributed by atoms with Gasteiger partial charge in [0.15, 0.2) is 0 Å². The molecule has 118 valence electrons. The SMILES string of the molecule is COc1ccc(-c2ccc(C#N)c(NCc3ccncc3)n2)cc1. The summed E-state index contributed by atoms with van der Waals surface area (Å²) in [7, 11) is 1.64. The number of nitrogens with one attached hydrogen (secondary N) is 1. The monoisotopic (exact) mass is 316 g/mol. The average molecular weight is 316 g/mol. The molecular formula is C19H16N4O. The molecule has 5 nitrogen and oxygen atoms in total. The van der Waals surface area contributed by atoms with Crippen LogP contribution >= 0.6 is 0 Å². The second kappa shape index (κ2) is 7.25. The lowest BCUT2D eigenvalue weighted by Crippen LogP contribution is -2.04. The number of nitriles is 1. The topological polar surface area (TPSA) is 70.8 Å². The normalized spacial score (nSPS) is 10.0. The molecule has 0 bridgehead atoms. The number of ether oxygens (including phenoxy) is 1. The molecule has 1 N–H and O–H groups in total. The Balaban J connectivity index is 1.86. The minimum atomic E-state index is 0.515. The van der Waals surface area contributed by atoms with E-state index in [1.807, 2.05) is 42.5 Å². The third-order valence-electron chi connectivity index (χ3n) is 3.61. The van der Waals surface area contributed by atoms with Crippen molar-refractivity contribution in [2.24, 2.45) is 0 Å². The average Bonchev–Trinajstić information content (AvgIpc) is 2.67. The summed E-state index contributed by atoms with van der Waals surface area (Å²) < 4.78 is 5.17. The van der Waals surface area contributed by atoms with Gasteiger partial charge in [0.1, 0.15) is 17.6 Å². The molecule has 0 aliphatic carbocycles. The molecule has 0 saturated heterocycles. The number of anilines is 1. The molecule has 0 unspecified atom stereocenters. The van der Waals surface area contributed by atoms with Gasteiger partial charge in [0.2, 0.25) is 0 Å². The third-order valence-corrected chi connectivity index (χ3v) is 3.61. The fourth-order valence-electron chi connectivity index (χ4n) is 2.29. The zero-order valence-electron chi connectivity index (χ0n) is 13.2. The van der Waals surface area contributed by atoms with Crippen LogP contribution in [0.15, 0.2) is 60.9 Å². The van der Waals surface area contributed by atoms with Crippen LogP contribution in [0.2, 0.25) is 0 Å². The van der Waals surface area contributed by atoms with Crippen LogP contribution in [0.25, 0.3) is 11.3 Å². The first-order chi connectivity index (χ1) is 11.8. The van der Waals surface area contributed by atoms with Crippen molar-refractivity contribution in [3.63, 3.8) is 0 Å². The van der Waals surface area contributed by atoms with E-state index in [4.69, 9.17) is 4.74 Å². The quantitative estimate of drug-likeness (QED) is 0.778. The van der Waals surface area contributed by atoms with Crippen LogP contribution < -0.4 is 10.1 Å². The Morgan fingerprint density at radius 1 is 1.04 bits per heavy atom. The molecule has 0 aliphatic heterocycles. The summed E-state index contributed by atoms with van der Waals surface area (Å²) in [6.07, 6.45) is 3.48. The highest BCUT2D eigenvalue weighted by atomic mass is 16.5. The van der Waals surface area contributed by atoms with Gasteiger partial charge in [0, 0.05) is 24.5 Å². The summed E-state index contributed by atoms with van der Waals surface area (Å²) in [5.74, 6) is 1.37. The molecule has 0 amide bonds. The number of hydrogen-bond acceptors (Lipinski definition) is 5. The molecule has 0 fully saturated rings. The Morgan fingerprint density at radius 3 is 2.46 bits per heavy atom. The number of methoxy groups -OCH3 is 1. The van der Waals surface area contributed by atoms with Crippen molar-refractivity contribution in [1.82, 2.24) is 9.97 Å². The van der Waals surface area contributed by atoms with Gasteiger partial charge < -0.3 is 10.1 Å². The molecule has 0 atom stereocenters. The van der Waals surface area contributed by atoms with Crippen LogP contribution in [-0.4, -0.2) is 17.1 Å². The molecule has 5 heteroatoms. The molecule has 2 heterocycles. The van der Waals surface area contributed by atoms with E-state index in [1.54, 1.807) is 25.6 Å². The molecular weight excluding hydrogens is 300 g/mol. The van der Waals surface area contributed by atoms with E-state index in [9.17, 15) is 5.26 Å². The van der Waals surface area contributed by atoms with Gasteiger partial charge in [0.25, 0.3) is 0 Å². The van der Waals surface area contributed by atoms with Crippen LogP contribution in [-0.2, 0) is 6.54 Å². The molecule has 0 radical (unpaired) electrons. The van der Waals surface area contributed by atoms with Gasteiger partial charge in [-0.25, -0.2) is 4.98 Å². The Kier molecular flexibility index (Phi) is 4.68. The summed E-state index contributed by atoms with van der Waals surface area (Å²) in [5, 5.41) is 12.5. The van der Waals surface area contributed by atoms with Crippen LogP contribution in [0.3, 0.4) is 0 Å². The number of rotatable bonds is 5. The predicted molar refractivity (Wildman–Crippen MR) is 92.5 cm³/mol. The highest BCUT2D eigenvalue weighted by Crippen LogP contribution is 2.24. The zero-order chi connectivity index (χ0) is 16.8. The van der Waals surface area contributed by atoms with Crippen molar-refractivity contribution in [3.05, 3.63) is 72.1 Å². The highest BCUT2D eigenvalue weighted by molar-refractivity contribution is 5.65. The summed E-state index contributed by atoms with van der Waals surface area (Å²) in [4.78, 5) is 8.59. The lowest BCUT2D eigenvalue weighted by atomic mass is 10.1. The summed E-state index contributed by atoms with van der Waals surface area (Å²) >= 11 is 0. The van der Waals surface area contributed by atoms with Gasteiger partial charge in [-0.1, -0.05) is 0 Å². The standard InChI is InChI=1S/C19H16N4O/c1-24-17-5-2-15(3-6-17)18-7-4-16(12-20)19(23-18)22-13-14-8-10-21-11-9-14/h2-11H,13H2,1H3,(H,22,23). The lowest BCUT2D eigenvalue weighted by Gasteiger charge is -2.10. The Bertz CT molecular complexity index is 855. The molecule has 0 spiro atoms. The van der Waals surface area contributed by atoms with Crippen LogP contribution in [0.1, 0.15) is 11.1 Å². The fraction of sp³-hybridized carbons (Fsp3) is 0.105. The van der Waals surface area contributed by atoms with Crippen molar-refractivity contribution in [3.8, 4) is 23.1 Å². The van der Waals surface area contributed by atoms with E-state index in [1.165, 1.54) is 0 Å². The fourth-order valence-corrected chi connectivity index (χ4v) is 2.29. The summed E-state index contributed by atoms with van der Waals surface area (Å²) in [6, 6.07) is 17.3. The van der Waals surface area contributed by atoms with Crippen molar-refractivity contribution in [2.75, 3.05) is 12.4 Å². The maximum absolute atomic E-state index is 9.29. The summed E-state index contributed by atoms with van der Waals surface area (Å²) in [6.45, 7) is 0.580. The van der Waals surface area contributed by atoms with E-state index < -0.39 is 0 Å². The molecule has 2 aromatic heterocycles. The molecule has 3 rings (SSSR count). The number of nitrogens with zero attached hydrogens (tertiary/aromatic N) is 3. The first-order valence-corrected chi connectivity index (χ1v) is 7.48. The third kappa shape index (κ3) is 3.50. The number of pyridine rings is 2. The van der Waals surface area contributed by atoms with Gasteiger partial charge in [-0.05, 0) is 54.1 Å². The van der Waals surface area contributed by atoms with Crippen molar-refractivity contribution >= 4 is 5.82 Å². The van der Waals surface area contributed by atoms with E-state index in [0.29, 0.717) is 17.9 Å². The smallest absolute Gasteiger partial charge is 0.144 e. The van der Waals surface area contributed by atoms with Gasteiger partial charge in [-0.15, -0.1) is 0 Å². The minimum absolute atomic E-state index is 0.515. The largest absolute Gasteiger partial charge is 0.497 e. The van der Waals surface area contributed by atoms with Crippen molar-refractivity contribution in [2.45, 2.75) is 6.54 Å². The van der Waals surface area contributed by atoms with Crippen LogP contribution in [0, 0.1) is 11.3 Å². The molecule has 24 heavy (non-hydrogen) atoms. The second-order valence-electron chi connectivity index (χ2n) is 5.14. The number of hydrogen-bond donors (Lipinski definition) is 1. The maximum atomic E-state index is 9.29. The minimum Gasteiger partial charge on any atom is -0.497 e. The van der Waals surface area contributed by atoms with Gasteiger partial charge in [-0.3, -0.25) is 4.98 Å². The second-order valence-corrected chi connectivity index (χ2v) is 5.14. The Hall–Kier alpha value is -3.39. The first kappa shape index (κ1) is 15.5. The molecule has 1 aromatic carbocycles. The van der Waals surface area contributed by atoms with Crippen LogP contribution in [0.4, 0.5) is 5.82 Å². The van der Waals surface area contributed by atoms with E-state index >= 15 is 0 Å². The molecule has 3 aromatic rings. The molecule has 0 aliphatic rings. The van der Waals surface area contributed by atoms with E-state index in [2.05, 4.69) is 21.4 Å². The first-order valence-electron chi connectivity index (χ1n) is 7.48. The van der Waals surface area contributed by atoms with Gasteiger partial charge >= 0.3 is 0 Å². The van der Waals surface area contributed by atoms with Gasteiger partial charge in [-0.2, -0.15) is 5.26 Å². The number of benzene rings is 1. The highest BCUT2D eigenvalue weighted by Gasteiger charge is 2.07. The van der Waals surface area contributed by atoms with Crippen molar-refractivity contribution < 1.29 is 4.74 Å². The van der Waals surface area contributed by atoms with Gasteiger partial charge in [0.05, 0.1) is 18.4 Å².